The second kappa shape index (κ2) is 7.22. The lowest BCUT2D eigenvalue weighted by atomic mass is 10.1. The van der Waals surface area contributed by atoms with Gasteiger partial charge in [-0.1, -0.05) is 18.2 Å². The molecule has 0 bridgehead atoms. The van der Waals surface area contributed by atoms with Crippen molar-refractivity contribution < 1.29 is 9.90 Å². The van der Waals surface area contributed by atoms with Crippen LogP contribution >= 0.6 is 11.3 Å². The number of nitrogens with zero attached hydrogens (tertiary/aromatic N) is 1. The monoisotopic (exact) mass is 318 g/mol. The zero-order valence-corrected chi connectivity index (χ0v) is 13.4. The first kappa shape index (κ1) is 15.5. The highest BCUT2D eigenvalue weighted by molar-refractivity contribution is 7.20. The molecule has 22 heavy (non-hydrogen) atoms. The normalized spacial score (nSPS) is 17.0. The summed E-state index contributed by atoms with van der Waals surface area (Å²) in [5.41, 5.74) is 0. The zero-order valence-electron chi connectivity index (χ0n) is 12.6. The van der Waals surface area contributed by atoms with Crippen LogP contribution < -0.4 is 5.32 Å². The van der Waals surface area contributed by atoms with Gasteiger partial charge in [-0.3, -0.25) is 4.79 Å². The molecular formula is C17H22N2O2S. The van der Waals surface area contributed by atoms with Gasteiger partial charge >= 0.3 is 0 Å². The molecule has 1 fully saturated rings. The molecule has 0 radical (unpaired) electrons. The molecule has 0 saturated carbocycles. The maximum Gasteiger partial charge on any atom is 0.261 e. The van der Waals surface area contributed by atoms with Crippen LogP contribution in [-0.4, -0.2) is 48.2 Å². The first-order valence-corrected chi connectivity index (χ1v) is 8.71. The third kappa shape index (κ3) is 3.85. The van der Waals surface area contributed by atoms with Gasteiger partial charge in [0, 0.05) is 24.3 Å². The maximum atomic E-state index is 12.2. The molecule has 1 aromatic heterocycles. The second-order valence-electron chi connectivity index (χ2n) is 5.83. The number of carbonyl (C=O) groups is 1. The number of fused-ring (bicyclic) bond motifs is 1. The van der Waals surface area contributed by atoms with Crippen molar-refractivity contribution in [1.29, 1.82) is 0 Å². The summed E-state index contributed by atoms with van der Waals surface area (Å²) in [7, 11) is 0. The minimum absolute atomic E-state index is 0.0234. The highest BCUT2D eigenvalue weighted by Crippen LogP contribution is 2.24. The Morgan fingerprint density at radius 3 is 2.86 bits per heavy atom. The molecule has 4 nitrogen and oxygen atoms in total. The molecule has 118 valence electrons. The van der Waals surface area contributed by atoms with Gasteiger partial charge in [-0.2, -0.15) is 0 Å². The Morgan fingerprint density at radius 2 is 2.09 bits per heavy atom. The number of amides is 1. The number of carbonyl (C=O) groups excluding carboxylic acids is 1. The van der Waals surface area contributed by atoms with Crippen molar-refractivity contribution >= 4 is 27.3 Å². The minimum Gasteiger partial charge on any atom is -0.393 e. The first-order valence-electron chi connectivity index (χ1n) is 7.89. The zero-order chi connectivity index (χ0) is 15.4. The summed E-state index contributed by atoms with van der Waals surface area (Å²) in [5.74, 6) is 0.0234. The van der Waals surface area contributed by atoms with Crippen LogP contribution in [0.1, 0.15) is 28.9 Å². The molecule has 0 atom stereocenters. The van der Waals surface area contributed by atoms with Gasteiger partial charge in [0.2, 0.25) is 0 Å². The second-order valence-corrected chi connectivity index (χ2v) is 6.91. The highest BCUT2D eigenvalue weighted by atomic mass is 32.1. The Kier molecular flexibility index (Phi) is 5.08. The number of hydrogen-bond donors (Lipinski definition) is 2. The molecule has 2 heterocycles. The topological polar surface area (TPSA) is 52.6 Å². The Morgan fingerprint density at radius 1 is 1.32 bits per heavy atom. The number of thiophene rings is 1. The molecule has 1 amide bonds. The van der Waals surface area contributed by atoms with E-state index in [1.54, 1.807) is 11.3 Å². The van der Waals surface area contributed by atoms with Crippen LogP contribution in [0.15, 0.2) is 30.3 Å². The van der Waals surface area contributed by atoms with E-state index < -0.39 is 0 Å². The number of nitrogens with one attached hydrogen (secondary N) is 1. The fourth-order valence-corrected chi connectivity index (χ4v) is 3.81. The molecular weight excluding hydrogens is 296 g/mol. The predicted molar refractivity (Wildman–Crippen MR) is 90.5 cm³/mol. The number of aliphatic hydroxyl groups is 1. The van der Waals surface area contributed by atoms with Crippen molar-refractivity contribution in [2.75, 3.05) is 26.2 Å². The number of aliphatic hydroxyl groups excluding tert-OH is 1. The first-order chi connectivity index (χ1) is 10.7. The number of rotatable bonds is 5. The maximum absolute atomic E-state index is 12.2. The van der Waals surface area contributed by atoms with Gasteiger partial charge < -0.3 is 15.3 Å². The van der Waals surface area contributed by atoms with Crippen LogP contribution in [-0.2, 0) is 0 Å². The van der Waals surface area contributed by atoms with Gasteiger partial charge in [-0.15, -0.1) is 11.3 Å². The van der Waals surface area contributed by atoms with Gasteiger partial charge in [0.1, 0.15) is 0 Å². The van der Waals surface area contributed by atoms with E-state index in [4.69, 9.17) is 0 Å². The minimum atomic E-state index is -0.121. The fourth-order valence-electron chi connectivity index (χ4n) is 2.83. The van der Waals surface area contributed by atoms with E-state index in [0.717, 1.165) is 53.9 Å². The largest absolute Gasteiger partial charge is 0.393 e. The molecule has 0 spiro atoms. The molecule has 5 heteroatoms. The summed E-state index contributed by atoms with van der Waals surface area (Å²) in [5, 5.41) is 13.6. The van der Waals surface area contributed by atoms with E-state index in [2.05, 4.69) is 10.2 Å². The van der Waals surface area contributed by atoms with Crippen molar-refractivity contribution in [3.8, 4) is 0 Å². The average molecular weight is 318 g/mol. The van der Waals surface area contributed by atoms with Crippen LogP contribution in [0.4, 0.5) is 0 Å². The van der Waals surface area contributed by atoms with E-state index >= 15 is 0 Å². The van der Waals surface area contributed by atoms with Crippen LogP contribution in [0.25, 0.3) is 10.1 Å². The average Bonchev–Trinajstić information content (AvgIpc) is 2.97. The number of piperidine rings is 1. The predicted octanol–water partition coefficient (Wildman–Crippen LogP) is 2.48. The summed E-state index contributed by atoms with van der Waals surface area (Å²) in [6.07, 6.45) is 2.57. The van der Waals surface area contributed by atoms with Crippen molar-refractivity contribution in [1.82, 2.24) is 10.2 Å². The quantitative estimate of drug-likeness (QED) is 0.833. The van der Waals surface area contributed by atoms with Gasteiger partial charge in [0.25, 0.3) is 5.91 Å². The van der Waals surface area contributed by atoms with Crippen molar-refractivity contribution in [2.45, 2.75) is 25.4 Å². The summed E-state index contributed by atoms with van der Waals surface area (Å²) in [4.78, 5) is 15.3. The van der Waals surface area contributed by atoms with E-state index in [1.807, 2.05) is 30.3 Å². The summed E-state index contributed by atoms with van der Waals surface area (Å²) in [6.45, 7) is 3.61. The smallest absolute Gasteiger partial charge is 0.261 e. The standard InChI is InChI=1S/C17H22N2O2S/c20-14-6-10-19(11-7-14)9-3-8-18-17(21)16-12-13-4-1-2-5-15(13)22-16/h1-2,4-5,12,14,20H,3,6-11H2,(H,18,21). The molecule has 1 aliphatic rings. The third-order valence-electron chi connectivity index (χ3n) is 4.14. The Hall–Kier alpha value is -1.43. The lowest BCUT2D eigenvalue weighted by molar-refractivity contribution is 0.0816. The lowest BCUT2D eigenvalue weighted by Gasteiger charge is -2.29. The van der Waals surface area contributed by atoms with Gasteiger partial charge in [0.15, 0.2) is 0 Å². The van der Waals surface area contributed by atoms with Crippen LogP contribution in [0.3, 0.4) is 0 Å². The van der Waals surface area contributed by atoms with E-state index in [1.165, 1.54) is 0 Å². The molecule has 1 aliphatic heterocycles. The Labute approximate surface area is 134 Å². The molecule has 0 unspecified atom stereocenters. The van der Waals surface area contributed by atoms with Crippen molar-refractivity contribution in [3.63, 3.8) is 0 Å². The molecule has 1 aromatic carbocycles. The van der Waals surface area contributed by atoms with E-state index in [0.29, 0.717) is 6.54 Å². The van der Waals surface area contributed by atoms with Crippen LogP contribution in [0, 0.1) is 0 Å². The van der Waals surface area contributed by atoms with Gasteiger partial charge in [0.05, 0.1) is 11.0 Å². The Bertz CT molecular complexity index is 599. The molecule has 2 aromatic rings. The summed E-state index contributed by atoms with van der Waals surface area (Å²) < 4.78 is 1.15. The van der Waals surface area contributed by atoms with E-state index in [-0.39, 0.29) is 12.0 Å². The van der Waals surface area contributed by atoms with Gasteiger partial charge in [-0.05, 0) is 43.3 Å². The van der Waals surface area contributed by atoms with Crippen LogP contribution in [0.2, 0.25) is 0 Å². The number of likely N-dealkylation sites (tertiary alicyclic amines) is 1. The SMILES string of the molecule is O=C(NCCCN1CCC(O)CC1)c1cc2ccccc2s1. The van der Waals surface area contributed by atoms with Crippen molar-refractivity contribution in [2.24, 2.45) is 0 Å². The summed E-state index contributed by atoms with van der Waals surface area (Å²) >= 11 is 1.54. The number of hydrogen-bond acceptors (Lipinski definition) is 4. The van der Waals surface area contributed by atoms with Crippen LogP contribution in [0.5, 0.6) is 0 Å². The highest BCUT2D eigenvalue weighted by Gasteiger charge is 2.16. The number of benzene rings is 1. The molecule has 0 aliphatic carbocycles. The fraction of sp³-hybridized carbons (Fsp3) is 0.471. The lowest BCUT2D eigenvalue weighted by Crippen LogP contribution is -2.37. The Balaban J connectivity index is 1.42. The van der Waals surface area contributed by atoms with Crippen molar-refractivity contribution in [3.05, 3.63) is 35.2 Å². The van der Waals surface area contributed by atoms with E-state index in [9.17, 15) is 9.90 Å². The molecule has 2 N–H and O–H groups in total. The van der Waals surface area contributed by atoms with Gasteiger partial charge in [-0.25, -0.2) is 0 Å². The third-order valence-corrected chi connectivity index (χ3v) is 5.26. The molecule has 3 rings (SSSR count). The summed E-state index contributed by atoms with van der Waals surface area (Å²) in [6, 6.07) is 10.0. The molecule has 1 saturated heterocycles.